The van der Waals surface area contributed by atoms with Crippen LogP contribution in [0.1, 0.15) is 20.3 Å². The molecule has 0 aromatic rings. The predicted octanol–water partition coefficient (Wildman–Crippen LogP) is 1.32. The zero-order chi connectivity index (χ0) is 6.57. The molecule has 0 fully saturated rings. The van der Waals surface area contributed by atoms with E-state index in [1.807, 2.05) is 11.9 Å². The molecule has 0 radical (unpaired) electrons. The van der Waals surface area contributed by atoms with Crippen molar-refractivity contribution < 1.29 is 0 Å². The number of nitrogens with one attached hydrogen (secondary N) is 1. The number of rotatable bonds is 3. The van der Waals surface area contributed by atoms with Crippen molar-refractivity contribution in [3.63, 3.8) is 0 Å². The van der Waals surface area contributed by atoms with Crippen LogP contribution in [0.15, 0.2) is 0 Å². The topological polar surface area (TPSA) is 27.1 Å². The first-order valence-corrected chi connectivity index (χ1v) is 2.94. The summed E-state index contributed by atoms with van der Waals surface area (Å²) in [4.78, 5) is 1.89. The second-order valence-electron chi connectivity index (χ2n) is 2.05. The van der Waals surface area contributed by atoms with Crippen molar-refractivity contribution in [3.8, 4) is 0 Å². The van der Waals surface area contributed by atoms with Crippen LogP contribution in [0, 0.1) is 5.41 Å². The first kappa shape index (κ1) is 7.47. The molecule has 1 N–H and O–H groups in total. The average Bonchev–Trinajstić information content (AvgIpc) is 1.84. The normalized spacial score (nSPS) is 12.9. The molecule has 0 saturated carbocycles. The molecular weight excluding hydrogens is 100 g/mol. The van der Waals surface area contributed by atoms with E-state index in [0.29, 0.717) is 6.04 Å². The minimum atomic E-state index is 0.507. The summed E-state index contributed by atoms with van der Waals surface area (Å²) < 4.78 is 0. The lowest BCUT2D eigenvalue weighted by Crippen LogP contribution is -2.26. The Labute approximate surface area is 51.0 Å². The lowest BCUT2D eigenvalue weighted by atomic mass is 10.2. The Morgan fingerprint density at radius 3 is 2.38 bits per heavy atom. The molecule has 1 unspecified atom stereocenters. The van der Waals surface area contributed by atoms with Crippen molar-refractivity contribution in [2.45, 2.75) is 26.3 Å². The summed E-state index contributed by atoms with van der Waals surface area (Å²) in [6.07, 6.45) is 2.46. The molecule has 0 rings (SSSR count). The molecular formula is C6H14N2. The molecule has 0 bridgehead atoms. The van der Waals surface area contributed by atoms with E-state index >= 15 is 0 Å². The van der Waals surface area contributed by atoms with Gasteiger partial charge in [0.05, 0.1) is 6.34 Å². The van der Waals surface area contributed by atoms with Crippen molar-refractivity contribution in [2.24, 2.45) is 0 Å². The summed E-state index contributed by atoms with van der Waals surface area (Å²) in [5.41, 5.74) is 0. The van der Waals surface area contributed by atoms with Crippen LogP contribution in [0.3, 0.4) is 0 Å². The summed E-state index contributed by atoms with van der Waals surface area (Å²) in [5.74, 6) is 0. The zero-order valence-corrected chi connectivity index (χ0v) is 5.81. The minimum Gasteiger partial charge on any atom is -0.364 e. The van der Waals surface area contributed by atoms with Crippen molar-refractivity contribution in [1.82, 2.24) is 4.90 Å². The molecule has 2 nitrogen and oxygen atoms in total. The van der Waals surface area contributed by atoms with Gasteiger partial charge in [-0.2, -0.15) is 0 Å². The first-order chi connectivity index (χ1) is 3.72. The van der Waals surface area contributed by atoms with Gasteiger partial charge in [-0.1, -0.05) is 6.92 Å². The lowest BCUT2D eigenvalue weighted by molar-refractivity contribution is 0.389. The van der Waals surface area contributed by atoms with Crippen LogP contribution >= 0.6 is 0 Å². The average molecular weight is 114 g/mol. The van der Waals surface area contributed by atoms with Crippen LogP contribution < -0.4 is 0 Å². The molecule has 8 heavy (non-hydrogen) atoms. The van der Waals surface area contributed by atoms with Crippen LogP contribution in [-0.4, -0.2) is 24.3 Å². The molecule has 48 valence electrons. The van der Waals surface area contributed by atoms with E-state index in [1.165, 1.54) is 6.34 Å². The molecule has 0 heterocycles. The standard InChI is InChI=1S/C6H14N2/c1-4-6(2)8(3)5-7/h5-7H,4H2,1-3H3. The maximum Gasteiger partial charge on any atom is 0.0817 e. The highest BCUT2D eigenvalue weighted by molar-refractivity contribution is 5.50. The van der Waals surface area contributed by atoms with Crippen molar-refractivity contribution in [2.75, 3.05) is 7.05 Å². The van der Waals surface area contributed by atoms with Gasteiger partial charge >= 0.3 is 0 Å². The third kappa shape index (κ3) is 1.96. The molecule has 0 aliphatic rings. The van der Waals surface area contributed by atoms with Gasteiger partial charge in [0, 0.05) is 13.1 Å². The first-order valence-electron chi connectivity index (χ1n) is 2.94. The summed E-state index contributed by atoms with van der Waals surface area (Å²) in [6.45, 7) is 4.22. The minimum absolute atomic E-state index is 0.507. The molecule has 0 spiro atoms. The predicted molar refractivity (Wildman–Crippen MR) is 36.3 cm³/mol. The maximum atomic E-state index is 6.84. The van der Waals surface area contributed by atoms with E-state index in [9.17, 15) is 0 Å². The van der Waals surface area contributed by atoms with Crippen molar-refractivity contribution in [3.05, 3.63) is 0 Å². The summed E-state index contributed by atoms with van der Waals surface area (Å²) >= 11 is 0. The van der Waals surface area contributed by atoms with Crippen LogP contribution in [0.25, 0.3) is 0 Å². The van der Waals surface area contributed by atoms with Crippen LogP contribution in [0.2, 0.25) is 0 Å². The smallest absolute Gasteiger partial charge is 0.0817 e. The highest BCUT2D eigenvalue weighted by Gasteiger charge is 1.98. The fourth-order valence-electron chi connectivity index (χ4n) is 0.415. The molecule has 1 atom stereocenters. The van der Waals surface area contributed by atoms with Gasteiger partial charge in [0.1, 0.15) is 0 Å². The van der Waals surface area contributed by atoms with E-state index in [2.05, 4.69) is 13.8 Å². The highest BCUT2D eigenvalue weighted by atomic mass is 15.1. The highest BCUT2D eigenvalue weighted by Crippen LogP contribution is 1.94. The van der Waals surface area contributed by atoms with E-state index in [-0.39, 0.29) is 0 Å². The number of hydrogen-bond acceptors (Lipinski definition) is 1. The second-order valence-corrected chi connectivity index (χ2v) is 2.05. The van der Waals surface area contributed by atoms with Gasteiger partial charge < -0.3 is 4.90 Å². The summed E-state index contributed by atoms with van der Waals surface area (Å²) in [5, 5.41) is 6.84. The van der Waals surface area contributed by atoms with Crippen LogP contribution in [0.5, 0.6) is 0 Å². The van der Waals surface area contributed by atoms with Crippen molar-refractivity contribution in [1.29, 1.82) is 5.41 Å². The monoisotopic (exact) mass is 114 g/mol. The van der Waals surface area contributed by atoms with Gasteiger partial charge in [-0.05, 0) is 13.3 Å². The fraction of sp³-hybridized carbons (Fsp3) is 0.833. The van der Waals surface area contributed by atoms with E-state index in [4.69, 9.17) is 5.41 Å². The maximum absolute atomic E-state index is 6.84. The third-order valence-electron chi connectivity index (χ3n) is 1.49. The van der Waals surface area contributed by atoms with Crippen molar-refractivity contribution >= 4 is 6.34 Å². The van der Waals surface area contributed by atoms with E-state index < -0.39 is 0 Å². The van der Waals surface area contributed by atoms with Crippen LogP contribution in [0.4, 0.5) is 0 Å². The Morgan fingerprint density at radius 2 is 2.25 bits per heavy atom. The molecule has 0 aromatic carbocycles. The Morgan fingerprint density at radius 1 is 1.75 bits per heavy atom. The molecule has 2 heteroatoms. The van der Waals surface area contributed by atoms with Gasteiger partial charge in [0.15, 0.2) is 0 Å². The van der Waals surface area contributed by atoms with Crippen LogP contribution in [-0.2, 0) is 0 Å². The zero-order valence-electron chi connectivity index (χ0n) is 5.81. The van der Waals surface area contributed by atoms with Gasteiger partial charge in [-0.3, -0.25) is 5.41 Å². The number of nitrogens with zero attached hydrogens (tertiary/aromatic N) is 1. The van der Waals surface area contributed by atoms with Gasteiger partial charge in [-0.25, -0.2) is 0 Å². The Kier molecular flexibility index (Phi) is 3.24. The Bertz CT molecular complexity index is 70.9. The lowest BCUT2D eigenvalue weighted by Gasteiger charge is -2.19. The van der Waals surface area contributed by atoms with Gasteiger partial charge in [-0.15, -0.1) is 0 Å². The SMILES string of the molecule is CCC(C)N(C)C=N. The Hall–Kier alpha value is -0.530. The van der Waals surface area contributed by atoms with Gasteiger partial charge in [0.2, 0.25) is 0 Å². The summed E-state index contributed by atoms with van der Waals surface area (Å²) in [7, 11) is 1.92. The van der Waals surface area contributed by atoms with Gasteiger partial charge in [0.25, 0.3) is 0 Å². The molecule has 0 aliphatic heterocycles. The quantitative estimate of drug-likeness (QED) is 0.435. The Balaban J connectivity index is 3.44. The second kappa shape index (κ2) is 3.47. The largest absolute Gasteiger partial charge is 0.364 e. The molecule has 0 aromatic heterocycles. The summed E-state index contributed by atoms with van der Waals surface area (Å²) in [6, 6.07) is 0.507. The molecule has 0 amide bonds. The molecule has 0 saturated heterocycles. The fourth-order valence-corrected chi connectivity index (χ4v) is 0.415. The van der Waals surface area contributed by atoms with E-state index in [1.54, 1.807) is 0 Å². The molecule has 0 aliphatic carbocycles. The number of hydrogen-bond donors (Lipinski definition) is 1. The van der Waals surface area contributed by atoms with E-state index in [0.717, 1.165) is 6.42 Å². The third-order valence-corrected chi connectivity index (χ3v) is 1.49.